The second-order valence-electron chi connectivity index (χ2n) is 8.78. The van der Waals surface area contributed by atoms with Crippen molar-refractivity contribution in [3.05, 3.63) is 118 Å². The Labute approximate surface area is 217 Å². The summed E-state index contributed by atoms with van der Waals surface area (Å²) in [6, 6.07) is 19.9. The Bertz CT molecular complexity index is 1620. The third-order valence-electron chi connectivity index (χ3n) is 6.30. The number of nitrogens with zero attached hydrogens (tertiary/aromatic N) is 1. The van der Waals surface area contributed by atoms with Crippen LogP contribution in [0.25, 0.3) is 11.1 Å². The van der Waals surface area contributed by atoms with E-state index in [1.54, 1.807) is 30.3 Å². The van der Waals surface area contributed by atoms with E-state index in [9.17, 15) is 27.1 Å². The highest BCUT2D eigenvalue weighted by atomic mass is 35.5. The van der Waals surface area contributed by atoms with Gasteiger partial charge in [-0.1, -0.05) is 66.2 Å². The van der Waals surface area contributed by atoms with Gasteiger partial charge in [-0.25, -0.2) is 17.2 Å². The molecule has 0 saturated carbocycles. The molecule has 4 aromatic rings. The van der Waals surface area contributed by atoms with E-state index in [2.05, 4.69) is 0 Å². The van der Waals surface area contributed by atoms with Gasteiger partial charge in [0.15, 0.2) is 15.6 Å². The van der Waals surface area contributed by atoms with Gasteiger partial charge in [0.2, 0.25) is 0 Å². The van der Waals surface area contributed by atoms with Crippen molar-refractivity contribution >= 4 is 27.3 Å². The minimum absolute atomic E-state index is 0.0290. The maximum absolute atomic E-state index is 14.7. The summed E-state index contributed by atoms with van der Waals surface area (Å²) in [6.07, 6.45) is 0. The molecule has 5 rings (SSSR count). The summed E-state index contributed by atoms with van der Waals surface area (Å²) >= 11 is 6.12. The summed E-state index contributed by atoms with van der Waals surface area (Å²) in [5.74, 6) is -3.97. The van der Waals surface area contributed by atoms with E-state index in [1.807, 2.05) is 24.3 Å². The molecule has 37 heavy (non-hydrogen) atoms. The molecule has 0 fully saturated rings. The van der Waals surface area contributed by atoms with Crippen LogP contribution >= 0.6 is 11.6 Å². The van der Waals surface area contributed by atoms with E-state index >= 15 is 0 Å². The van der Waals surface area contributed by atoms with Gasteiger partial charge in [-0.3, -0.25) is 4.79 Å². The first-order valence-electron chi connectivity index (χ1n) is 11.3. The molecule has 1 aliphatic heterocycles. The number of halogens is 3. The molecule has 0 aromatic heterocycles. The van der Waals surface area contributed by atoms with Crippen LogP contribution in [0.4, 0.5) is 8.78 Å². The molecule has 0 spiro atoms. The summed E-state index contributed by atoms with van der Waals surface area (Å²) < 4.78 is 55.8. The van der Waals surface area contributed by atoms with Crippen molar-refractivity contribution < 1.29 is 27.1 Å². The second-order valence-corrected chi connectivity index (χ2v) is 11.1. The monoisotopic (exact) mass is 539 g/mol. The van der Waals surface area contributed by atoms with Crippen LogP contribution in [0, 0.1) is 11.6 Å². The first-order valence-corrected chi connectivity index (χ1v) is 13.3. The van der Waals surface area contributed by atoms with Gasteiger partial charge in [0.05, 0.1) is 10.8 Å². The molecule has 188 valence electrons. The van der Waals surface area contributed by atoms with Gasteiger partial charge < -0.3 is 10.0 Å². The standard InChI is InChI=1S/C28H20ClF2NO4S/c29-23-11-20(28(34)32-14-18-8-4-5-9-19(18)15-32)12-26(27(23)33)37(35,36)16-21-10-22(25(31)13-24(21)30)17-6-2-1-3-7-17/h1-13,33H,14-16H2. The van der Waals surface area contributed by atoms with Crippen molar-refractivity contribution in [2.24, 2.45) is 0 Å². The largest absolute Gasteiger partial charge is 0.505 e. The number of aromatic hydroxyl groups is 1. The van der Waals surface area contributed by atoms with Crippen LogP contribution in [0.1, 0.15) is 27.0 Å². The maximum atomic E-state index is 14.7. The lowest BCUT2D eigenvalue weighted by atomic mass is 10.0. The molecule has 4 aromatic carbocycles. The number of rotatable bonds is 5. The van der Waals surface area contributed by atoms with Crippen LogP contribution in [-0.4, -0.2) is 24.3 Å². The fourth-order valence-electron chi connectivity index (χ4n) is 4.42. The van der Waals surface area contributed by atoms with Crippen LogP contribution in [0.3, 0.4) is 0 Å². The average molecular weight is 540 g/mol. The average Bonchev–Trinajstić information content (AvgIpc) is 3.31. The van der Waals surface area contributed by atoms with Gasteiger partial charge in [-0.05, 0) is 34.9 Å². The van der Waals surface area contributed by atoms with Crippen molar-refractivity contribution in [1.82, 2.24) is 4.90 Å². The number of carbonyl (C=O) groups is 1. The zero-order valence-electron chi connectivity index (χ0n) is 19.3. The molecule has 0 radical (unpaired) electrons. The quantitative estimate of drug-likeness (QED) is 0.331. The first-order chi connectivity index (χ1) is 17.6. The highest BCUT2D eigenvalue weighted by Gasteiger charge is 2.29. The zero-order chi connectivity index (χ0) is 26.3. The molecule has 1 aliphatic rings. The van der Waals surface area contributed by atoms with Crippen molar-refractivity contribution in [2.75, 3.05) is 0 Å². The molecule has 0 aliphatic carbocycles. The molecular weight excluding hydrogens is 520 g/mol. The van der Waals surface area contributed by atoms with E-state index in [1.165, 1.54) is 11.0 Å². The van der Waals surface area contributed by atoms with Gasteiger partial charge in [0.1, 0.15) is 16.5 Å². The Morgan fingerprint density at radius 3 is 2.16 bits per heavy atom. The molecule has 5 nitrogen and oxygen atoms in total. The minimum Gasteiger partial charge on any atom is -0.505 e. The Hall–Kier alpha value is -3.75. The van der Waals surface area contributed by atoms with Crippen LogP contribution in [0.15, 0.2) is 83.8 Å². The highest BCUT2D eigenvalue weighted by molar-refractivity contribution is 7.90. The predicted octanol–water partition coefficient (Wildman–Crippen LogP) is 6.12. The summed E-state index contributed by atoms with van der Waals surface area (Å²) in [6.45, 7) is 0.692. The van der Waals surface area contributed by atoms with E-state index in [0.717, 1.165) is 23.3 Å². The van der Waals surface area contributed by atoms with Crippen molar-refractivity contribution in [1.29, 1.82) is 0 Å². The van der Waals surface area contributed by atoms with Gasteiger partial charge in [0, 0.05) is 35.8 Å². The van der Waals surface area contributed by atoms with Gasteiger partial charge >= 0.3 is 0 Å². The molecule has 0 bridgehead atoms. The number of hydrogen-bond donors (Lipinski definition) is 1. The molecule has 0 unspecified atom stereocenters. The van der Waals surface area contributed by atoms with E-state index in [-0.39, 0.29) is 21.7 Å². The summed E-state index contributed by atoms with van der Waals surface area (Å²) in [4.78, 5) is 14.1. The first kappa shape index (κ1) is 24.9. The SMILES string of the molecule is O=C(c1cc(Cl)c(O)c(S(=O)(=O)Cc2cc(-c3ccccc3)c(F)cc2F)c1)N1Cc2ccccc2C1. The maximum Gasteiger partial charge on any atom is 0.254 e. The second kappa shape index (κ2) is 9.61. The number of fused-ring (bicyclic) bond motifs is 1. The summed E-state index contributed by atoms with van der Waals surface area (Å²) in [7, 11) is -4.40. The normalized spacial score (nSPS) is 13.0. The molecule has 1 heterocycles. The Balaban J connectivity index is 1.49. The number of carbonyl (C=O) groups excluding carboxylic acids is 1. The smallest absolute Gasteiger partial charge is 0.254 e. The topological polar surface area (TPSA) is 74.7 Å². The molecule has 1 amide bonds. The third kappa shape index (κ3) is 4.82. The minimum atomic E-state index is -4.40. The number of phenolic OH excluding ortho intramolecular Hbond substituents is 1. The molecular formula is C28H20ClF2NO4S. The van der Waals surface area contributed by atoms with Crippen molar-refractivity contribution in [2.45, 2.75) is 23.7 Å². The Kier molecular flexibility index (Phi) is 6.47. The molecule has 9 heteroatoms. The third-order valence-corrected chi connectivity index (χ3v) is 8.27. The van der Waals surface area contributed by atoms with Gasteiger partial charge in [-0.2, -0.15) is 0 Å². The van der Waals surface area contributed by atoms with E-state index in [0.29, 0.717) is 24.7 Å². The van der Waals surface area contributed by atoms with Crippen LogP contribution in [0.2, 0.25) is 5.02 Å². The zero-order valence-corrected chi connectivity index (χ0v) is 20.9. The van der Waals surface area contributed by atoms with Crippen LogP contribution in [-0.2, 0) is 28.7 Å². The lowest BCUT2D eigenvalue weighted by Gasteiger charge is -2.17. The lowest BCUT2D eigenvalue weighted by Crippen LogP contribution is -2.25. The van der Waals surface area contributed by atoms with E-state index < -0.39 is 43.8 Å². The van der Waals surface area contributed by atoms with Gasteiger partial charge in [0.25, 0.3) is 5.91 Å². The Morgan fingerprint density at radius 2 is 1.51 bits per heavy atom. The molecule has 1 N–H and O–H groups in total. The number of amides is 1. The lowest BCUT2D eigenvalue weighted by molar-refractivity contribution is 0.0751. The van der Waals surface area contributed by atoms with Gasteiger partial charge in [-0.15, -0.1) is 0 Å². The van der Waals surface area contributed by atoms with Crippen molar-refractivity contribution in [3.63, 3.8) is 0 Å². The van der Waals surface area contributed by atoms with E-state index in [4.69, 9.17) is 11.6 Å². The fourth-order valence-corrected chi connectivity index (χ4v) is 6.19. The number of hydrogen-bond acceptors (Lipinski definition) is 4. The van der Waals surface area contributed by atoms with Crippen molar-refractivity contribution in [3.8, 4) is 16.9 Å². The number of phenols is 1. The predicted molar refractivity (Wildman–Crippen MR) is 136 cm³/mol. The Morgan fingerprint density at radius 1 is 0.892 bits per heavy atom. The molecule has 0 atom stereocenters. The summed E-state index contributed by atoms with van der Waals surface area (Å²) in [5, 5.41) is 10.2. The van der Waals surface area contributed by atoms with Crippen LogP contribution in [0.5, 0.6) is 5.75 Å². The number of benzene rings is 4. The highest BCUT2D eigenvalue weighted by Crippen LogP contribution is 2.36. The summed E-state index contributed by atoms with van der Waals surface area (Å²) in [5.41, 5.74) is 2.13. The number of sulfone groups is 1. The molecule has 0 saturated heterocycles. The van der Waals surface area contributed by atoms with Crippen LogP contribution < -0.4 is 0 Å². The fraction of sp³-hybridized carbons (Fsp3) is 0.107.